The summed E-state index contributed by atoms with van der Waals surface area (Å²) < 4.78 is 11.4. The van der Waals surface area contributed by atoms with Gasteiger partial charge in [0.15, 0.2) is 0 Å². The third-order valence-electron chi connectivity index (χ3n) is 3.40. The molecule has 0 spiro atoms. The summed E-state index contributed by atoms with van der Waals surface area (Å²) in [4.78, 5) is 0. The molecule has 0 aliphatic carbocycles. The van der Waals surface area contributed by atoms with Crippen LogP contribution in [-0.4, -0.2) is 28.6 Å². The van der Waals surface area contributed by atoms with E-state index in [9.17, 15) is 0 Å². The molecule has 0 fully saturated rings. The Bertz CT molecular complexity index is 602. The second kappa shape index (κ2) is 6.49. The quantitative estimate of drug-likeness (QED) is 0.916. The van der Waals surface area contributed by atoms with E-state index in [0.29, 0.717) is 17.7 Å². The van der Waals surface area contributed by atoms with E-state index in [-0.39, 0.29) is 11.3 Å². The van der Waals surface area contributed by atoms with Crippen LogP contribution in [0.4, 0.5) is 0 Å². The van der Waals surface area contributed by atoms with E-state index in [2.05, 4.69) is 28.5 Å². The minimum Gasteiger partial charge on any atom is -0.492 e. The molecule has 1 aromatic heterocycles. The van der Waals surface area contributed by atoms with E-state index in [1.165, 1.54) is 5.56 Å². The van der Waals surface area contributed by atoms with Crippen molar-refractivity contribution in [3.8, 4) is 5.75 Å². The normalized spacial score (nSPS) is 20.9. The van der Waals surface area contributed by atoms with Crippen LogP contribution in [0.15, 0.2) is 33.9 Å². The van der Waals surface area contributed by atoms with Crippen molar-refractivity contribution in [2.75, 3.05) is 13.2 Å². The van der Waals surface area contributed by atoms with Crippen LogP contribution in [0.25, 0.3) is 0 Å². The summed E-state index contributed by atoms with van der Waals surface area (Å²) in [6, 6.07) is 8.42. The van der Waals surface area contributed by atoms with Gasteiger partial charge in [-0.25, -0.2) is 0 Å². The van der Waals surface area contributed by atoms with Gasteiger partial charge in [0.1, 0.15) is 12.4 Å². The highest BCUT2D eigenvalue weighted by Crippen LogP contribution is 2.39. The summed E-state index contributed by atoms with van der Waals surface area (Å²) in [6.45, 7) is 5.57. The first-order chi connectivity index (χ1) is 10.3. The van der Waals surface area contributed by atoms with Crippen LogP contribution in [-0.2, 0) is 0 Å². The second-order valence-corrected chi connectivity index (χ2v) is 6.21. The molecule has 0 saturated carbocycles. The fourth-order valence-electron chi connectivity index (χ4n) is 2.44. The molecule has 6 heteroatoms. The molecule has 21 heavy (non-hydrogen) atoms. The summed E-state index contributed by atoms with van der Waals surface area (Å²) in [5.74, 6) is 1.55. The minimum absolute atomic E-state index is 0.214. The number of thioether (sulfide) groups is 1. The monoisotopic (exact) mass is 305 g/mol. The highest BCUT2D eigenvalue weighted by Gasteiger charge is 2.32. The van der Waals surface area contributed by atoms with Crippen molar-refractivity contribution in [2.45, 2.75) is 36.8 Å². The molecule has 2 aromatic rings. The Labute approximate surface area is 128 Å². The van der Waals surface area contributed by atoms with Gasteiger partial charge < -0.3 is 14.5 Å². The van der Waals surface area contributed by atoms with Gasteiger partial charge >= 0.3 is 0 Å². The van der Waals surface area contributed by atoms with Crippen molar-refractivity contribution in [1.29, 1.82) is 0 Å². The van der Waals surface area contributed by atoms with Crippen molar-refractivity contribution in [1.82, 2.24) is 15.5 Å². The van der Waals surface area contributed by atoms with E-state index >= 15 is 0 Å². The molecule has 1 aliphatic rings. The van der Waals surface area contributed by atoms with E-state index in [1.54, 1.807) is 18.7 Å². The molecule has 2 atom stereocenters. The van der Waals surface area contributed by atoms with Crippen LogP contribution in [0.1, 0.15) is 30.8 Å². The molecule has 2 heterocycles. The Morgan fingerprint density at radius 2 is 2.19 bits per heavy atom. The van der Waals surface area contributed by atoms with Crippen LogP contribution in [0.3, 0.4) is 0 Å². The summed E-state index contributed by atoms with van der Waals surface area (Å²) in [7, 11) is 0. The van der Waals surface area contributed by atoms with E-state index in [1.807, 2.05) is 18.2 Å². The van der Waals surface area contributed by atoms with Gasteiger partial charge in [-0.15, -0.1) is 10.2 Å². The van der Waals surface area contributed by atoms with Crippen molar-refractivity contribution in [3.05, 3.63) is 35.7 Å². The highest BCUT2D eigenvalue weighted by molar-refractivity contribution is 7.99. The number of nitrogens with one attached hydrogen (secondary N) is 1. The maximum absolute atomic E-state index is 5.87. The van der Waals surface area contributed by atoms with Crippen molar-refractivity contribution >= 4 is 11.8 Å². The Balaban J connectivity index is 1.82. The predicted octanol–water partition coefficient (Wildman–Crippen LogP) is 2.97. The maximum Gasteiger partial charge on any atom is 0.277 e. The van der Waals surface area contributed by atoms with E-state index < -0.39 is 0 Å². The summed E-state index contributed by atoms with van der Waals surface area (Å²) in [5, 5.41) is 12.4. The van der Waals surface area contributed by atoms with Crippen LogP contribution < -0.4 is 10.1 Å². The molecule has 0 bridgehead atoms. The number of aromatic nitrogens is 2. The molecule has 0 amide bonds. The number of hydrogen-bond acceptors (Lipinski definition) is 6. The fraction of sp³-hybridized carbons (Fsp3) is 0.467. The van der Waals surface area contributed by atoms with E-state index in [4.69, 9.17) is 9.15 Å². The molecular formula is C15H19N3O2S. The first kappa shape index (κ1) is 14.4. The van der Waals surface area contributed by atoms with Gasteiger partial charge in [0.05, 0.1) is 11.3 Å². The van der Waals surface area contributed by atoms with Crippen LogP contribution in [0.5, 0.6) is 5.75 Å². The largest absolute Gasteiger partial charge is 0.492 e. The second-order valence-electron chi connectivity index (χ2n) is 5.02. The highest BCUT2D eigenvalue weighted by atomic mass is 32.2. The Morgan fingerprint density at radius 1 is 1.33 bits per heavy atom. The molecule has 112 valence electrons. The molecule has 0 radical (unpaired) electrons. The fourth-order valence-corrected chi connectivity index (χ4v) is 3.47. The molecule has 5 nitrogen and oxygen atoms in total. The van der Waals surface area contributed by atoms with Gasteiger partial charge in [-0.2, -0.15) is 0 Å². The summed E-state index contributed by atoms with van der Waals surface area (Å²) >= 11 is 1.58. The zero-order valence-corrected chi connectivity index (χ0v) is 13.0. The van der Waals surface area contributed by atoms with Gasteiger partial charge in [0.2, 0.25) is 5.89 Å². The zero-order chi connectivity index (χ0) is 14.7. The lowest BCUT2D eigenvalue weighted by Gasteiger charge is -2.33. The number of nitrogens with zero attached hydrogens (tertiary/aromatic N) is 2. The third-order valence-corrected chi connectivity index (χ3v) is 4.48. The Morgan fingerprint density at radius 3 is 2.95 bits per heavy atom. The standard InChI is InChI=1S/C15H19N3O2S/c1-3-8-16-14-11-6-4-5-7-12(11)19-9-13(14)21-15-18-17-10(2)20-15/h4-7,13-14,16H,3,8-9H2,1-2H3. The third kappa shape index (κ3) is 3.22. The topological polar surface area (TPSA) is 60.2 Å². The van der Waals surface area contributed by atoms with Crippen molar-refractivity contribution in [2.24, 2.45) is 0 Å². The van der Waals surface area contributed by atoms with Gasteiger partial charge in [0, 0.05) is 12.5 Å². The number of benzene rings is 1. The molecule has 1 aromatic carbocycles. The number of fused-ring (bicyclic) bond motifs is 1. The Hall–Kier alpha value is -1.53. The lowest BCUT2D eigenvalue weighted by Crippen LogP contribution is -2.37. The number of hydrogen-bond donors (Lipinski definition) is 1. The first-order valence-electron chi connectivity index (χ1n) is 7.20. The minimum atomic E-state index is 0.214. The zero-order valence-electron chi connectivity index (χ0n) is 12.2. The summed E-state index contributed by atoms with van der Waals surface area (Å²) in [6.07, 6.45) is 1.09. The number of aryl methyl sites for hydroxylation is 1. The maximum atomic E-state index is 5.87. The number of rotatable bonds is 5. The molecule has 0 saturated heterocycles. The Kier molecular flexibility index (Phi) is 4.45. The van der Waals surface area contributed by atoms with Crippen LogP contribution in [0, 0.1) is 6.92 Å². The molecule has 1 aliphatic heterocycles. The summed E-state index contributed by atoms with van der Waals surface area (Å²) in [5.41, 5.74) is 1.20. The van der Waals surface area contributed by atoms with Gasteiger partial charge in [-0.3, -0.25) is 0 Å². The smallest absolute Gasteiger partial charge is 0.277 e. The predicted molar refractivity (Wildman–Crippen MR) is 81.7 cm³/mol. The SMILES string of the molecule is CCCNC1c2ccccc2OCC1Sc1nnc(C)o1. The number of ether oxygens (including phenoxy) is 1. The van der Waals surface area contributed by atoms with E-state index in [0.717, 1.165) is 18.7 Å². The van der Waals surface area contributed by atoms with Crippen LogP contribution >= 0.6 is 11.8 Å². The number of para-hydroxylation sites is 1. The molecule has 2 unspecified atom stereocenters. The first-order valence-corrected chi connectivity index (χ1v) is 8.07. The van der Waals surface area contributed by atoms with Crippen molar-refractivity contribution in [3.63, 3.8) is 0 Å². The average molecular weight is 305 g/mol. The molecular weight excluding hydrogens is 286 g/mol. The molecule has 1 N–H and O–H groups in total. The molecule has 3 rings (SSSR count). The lowest BCUT2D eigenvalue weighted by atomic mass is 10.00. The van der Waals surface area contributed by atoms with Gasteiger partial charge in [0.25, 0.3) is 5.22 Å². The average Bonchev–Trinajstić information content (AvgIpc) is 2.91. The van der Waals surface area contributed by atoms with Crippen LogP contribution in [0.2, 0.25) is 0 Å². The lowest BCUT2D eigenvalue weighted by molar-refractivity contribution is 0.259. The van der Waals surface area contributed by atoms with Gasteiger partial charge in [-0.05, 0) is 19.0 Å². The van der Waals surface area contributed by atoms with Gasteiger partial charge in [-0.1, -0.05) is 36.9 Å². The van der Waals surface area contributed by atoms with Crippen molar-refractivity contribution < 1.29 is 9.15 Å².